The van der Waals surface area contributed by atoms with Gasteiger partial charge in [0.05, 0.1) is 22.0 Å². The van der Waals surface area contributed by atoms with E-state index in [1.54, 1.807) is 0 Å². The molecule has 0 aliphatic rings. The van der Waals surface area contributed by atoms with Crippen molar-refractivity contribution in [1.82, 2.24) is 0 Å². The van der Waals surface area contributed by atoms with Gasteiger partial charge in [0.15, 0.2) is 0 Å². The molecule has 0 aromatic rings. The summed E-state index contributed by atoms with van der Waals surface area (Å²) in [6, 6.07) is 0. The van der Waals surface area contributed by atoms with Crippen LogP contribution >= 0.6 is 24.4 Å². The van der Waals surface area contributed by atoms with Crippen LogP contribution in [0.15, 0.2) is 0 Å². The van der Waals surface area contributed by atoms with Gasteiger partial charge < -0.3 is 59.5 Å². The van der Waals surface area contributed by atoms with Crippen molar-refractivity contribution in [3.8, 4) is 0 Å². The Kier molecular flexibility index (Phi) is 29.5. The van der Waals surface area contributed by atoms with Crippen LogP contribution in [0, 0.1) is 11.8 Å². The molecule has 0 aliphatic heterocycles. The molecule has 0 aromatic carbocycles. The van der Waals surface area contributed by atoms with Gasteiger partial charge in [0, 0.05) is 0 Å². The van der Waals surface area contributed by atoms with Crippen molar-refractivity contribution < 1.29 is 36.0 Å². The molecule has 0 heterocycles. The largest absolute Gasteiger partial charge is 2.00 e. The fraction of sp³-hybridized carbons (Fsp3) is 0.889. The van der Waals surface area contributed by atoms with Gasteiger partial charge in [0.25, 0.3) is 0 Å². The monoisotopic (exact) mass is 500 g/mol. The fourth-order valence-corrected chi connectivity index (χ4v) is 2.35. The minimum Gasteiger partial charge on any atom is -0.387 e. The van der Waals surface area contributed by atoms with Crippen molar-refractivity contribution in [2.45, 2.75) is 79.1 Å². The van der Waals surface area contributed by atoms with Crippen molar-refractivity contribution >= 4 is 58.5 Å². The second-order valence-electron chi connectivity index (χ2n) is 6.07. The third-order valence-corrected chi connectivity index (χ3v) is 4.22. The summed E-state index contributed by atoms with van der Waals surface area (Å²) in [5.41, 5.74) is 0. The number of thiocarbonyl (C=S) groups is 2. The van der Waals surface area contributed by atoms with E-state index >= 15 is 0 Å². The molecule has 0 saturated carbocycles. The zero-order valence-corrected chi connectivity index (χ0v) is 21.1. The molecule has 4 nitrogen and oxygen atoms in total. The smallest absolute Gasteiger partial charge is 0.387 e. The SMILES string of the molecule is CCCCC(CC)COOC(=S)[S-].CCCCC(CC)COOC(=S)[S-].[Ni+2]. The van der Waals surface area contributed by atoms with Crippen molar-refractivity contribution in [2.75, 3.05) is 13.2 Å². The number of rotatable bonds is 14. The Bertz CT molecular complexity index is 317. The summed E-state index contributed by atoms with van der Waals surface area (Å²) in [6.45, 7) is 9.84. The average molecular weight is 501 g/mol. The van der Waals surface area contributed by atoms with Crippen LogP contribution in [0.5, 0.6) is 0 Å². The van der Waals surface area contributed by atoms with Gasteiger partial charge in [-0.1, -0.05) is 66.2 Å². The van der Waals surface area contributed by atoms with Crippen molar-refractivity contribution in [3.05, 3.63) is 0 Å². The van der Waals surface area contributed by atoms with Crippen LogP contribution < -0.4 is 0 Å². The van der Waals surface area contributed by atoms with Gasteiger partial charge in [-0.05, 0) is 24.7 Å². The molecule has 164 valence electrons. The molecule has 0 bridgehead atoms. The van der Waals surface area contributed by atoms with Crippen molar-refractivity contribution in [1.29, 1.82) is 0 Å². The van der Waals surface area contributed by atoms with E-state index < -0.39 is 0 Å². The van der Waals surface area contributed by atoms with Crippen molar-refractivity contribution in [2.24, 2.45) is 11.8 Å². The molecule has 0 rings (SSSR count). The Balaban J connectivity index is -0.000000411. The van der Waals surface area contributed by atoms with Crippen LogP contribution in [-0.2, 0) is 61.3 Å². The van der Waals surface area contributed by atoms with Crippen molar-refractivity contribution in [3.63, 3.8) is 0 Å². The van der Waals surface area contributed by atoms with Gasteiger partial charge in [-0.2, -0.15) is 9.78 Å². The Morgan fingerprint density at radius 3 is 1.30 bits per heavy atom. The van der Waals surface area contributed by atoms with Gasteiger partial charge in [-0.25, -0.2) is 0 Å². The Morgan fingerprint density at radius 2 is 1.07 bits per heavy atom. The average Bonchev–Trinajstić information content (AvgIpc) is 2.60. The van der Waals surface area contributed by atoms with E-state index in [-0.39, 0.29) is 25.3 Å². The summed E-state index contributed by atoms with van der Waals surface area (Å²) in [4.78, 5) is 19.0. The summed E-state index contributed by atoms with van der Waals surface area (Å²) < 4.78 is 0.0655. The standard InChI is InChI=1S/2C9H18O2S2.Ni/c2*1-3-5-6-8(4-2)7-10-11-9(12)13;/h2*8H,3-7H2,1-2H3,(H,12,13);/q;;+2/p-2. The summed E-state index contributed by atoms with van der Waals surface area (Å²) in [5, 5.41) is 0. The van der Waals surface area contributed by atoms with Gasteiger partial charge in [-0.15, -0.1) is 0 Å². The molecule has 9 heteroatoms. The van der Waals surface area contributed by atoms with Gasteiger partial charge >= 0.3 is 16.5 Å². The Labute approximate surface area is 197 Å². The predicted octanol–water partition coefficient (Wildman–Crippen LogP) is 5.96. The van der Waals surface area contributed by atoms with Gasteiger partial charge in [0.1, 0.15) is 0 Å². The number of hydrogen-bond donors (Lipinski definition) is 0. The first kappa shape index (κ1) is 32.3. The van der Waals surface area contributed by atoms with E-state index in [0.29, 0.717) is 25.0 Å². The molecule has 0 amide bonds. The van der Waals surface area contributed by atoms with E-state index in [2.05, 4.69) is 87.2 Å². The van der Waals surface area contributed by atoms with E-state index in [4.69, 9.17) is 9.78 Å². The molecule has 0 aliphatic carbocycles. The second-order valence-corrected chi connectivity index (χ2v) is 8.07. The van der Waals surface area contributed by atoms with E-state index in [9.17, 15) is 0 Å². The normalized spacial score (nSPS) is 12.0. The molecule has 0 fully saturated rings. The summed E-state index contributed by atoms with van der Waals surface area (Å²) in [7, 11) is 0. The minimum absolute atomic E-state index is 0. The molecule has 0 radical (unpaired) electrons. The van der Waals surface area contributed by atoms with E-state index in [0.717, 1.165) is 12.8 Å². The summed E-state index contributed by atoms with van der Waals surface area (Å²) in [5.74, 6) is 1.12. The Hall–Kier alpha value is 0.634. The van der Waals surface area contributed by atoms with E-state index in [1.165, 1.54) is 38.5 Å². The molecule has 27 heavy (non-hydrogen) atoms. The van der Waals surface area contributed by atoms with Crippen LogP contribution in [0.2, 0.25) is 0 Å². The summed E-state index contributed by atoms with van der Waals surface area (Å²) in [6.07, 6.45) is 9.48. The van der Waals surface area contributed by atoms with Crippen LogP contribution in [0.25, 0.3) is 0 Å². The maximum absolute atomic E-state index is 4.90. The molecule has 0 N–H and O–H groups in total. The maximum Gasteiger partial charge on any atom is 2.00 e. The zero-order chi connectivity index (χ0) is 20.2. The molecule has 0 aromatic heterocycles. The van der Waals surface area contributed by atoms with Crippen LogP contribution in [0.3, 0.4) is 0 Å². The third-order valence-electron chi connectivity index (χ3n) is 3.95. The Morgan fingerprint density at radius 1 is 0.741 bits per heavy atom. The number of hydrogen-bond acceptors (Lipinski definition) is 8. The number of unbranched alkanes of at least 4 members (excludes halogenated alkanes) is 2. The minimum atomic E-state index is 0. The van der Waals surface area contributed by atoms with Crippen LogP contribution in [-0.4, -0.2) is 22.0 Å². The summed E-state index contributed by atoms with van der Waals surface area (Å²) >= 11 is 18.2. The molecule has 0 saturated heterocycles. The predicted molar refractivity (Wildman–Crippen MR) is 121 cm³/mol. The molecule has 2 atom stereocenters. The first-order chi connectivity index (χ1) is 12.4. The molecular formula is C18H34NiO4S4. The fourth-order valence-electron chi connectivity index (χ4n) is 2.15. The van der Waals surface area contributed by atoms with Gasteiger partial charge in [0.2, 0.25) is 0 Å². The maximum atomic E-state index is 4.90. The first-order valence-electron chi connectivity index (χ1n) is 9.41. The molecule has 0 spiro atoms. The van der Waals surface area contributed by atoms with Crippen LogP contribution in [0.4, 0.5) is 0 Å². The van der Waals surface area contributed by atoms with Gasteiger partial charge in [-0.3, -0.25) is 0 Å². The third kappa shape index (κ3) is 26.6. The zero-order valence-electron chi connectivity index (χ0n) is 16.8. The quantitative estimate of drug-likeness (QED) is 0.0949. The second kappa shape index (κ2) is 24.7. The van der Waals surface area contributed by atoms with E-state index in [1.807, 2.05) is 0 Å². The topological polar surface area (TPSA) is 36.9 Å². The first-order valence-corrected chi connectivity index (χ1v) is 11.0. The molecule has 2 unspecified atom stereocenters. The van der Waals surface area contributed by atoms with Crippen LogP contribution in [0.1, 0.15) is 79.1 Å². The molecular weight excluding hydrogens is 467 g/mol.